The van der Waals surface area contributed by atoms with Crippen molar-refractivity contribution in [1.29, 1.82) is 0 Å². The van der Waals surface area contributed by atoms with Gasteiger partial charge in [0.2, 0.25) is 5.91 Å². The lowest BCUT2D eigenvalue weighted by Crippen LogP contribution is -2.49. The molecule has 0 aromatic heterocycles. The Morgan fingerprint density at radius 2 is 1.90 bits per heavy atom. The van der Waals surface area contributed by atoms with E-state index in [2.05, 4.69) is 43.5 Å². The summed E-state index contributed by atoms with van der Waals surface area (Å²) >= 11 is 0. The molecule has 0 bridgehead atoms. The minimum absolute atomic E-state index is 0.00743. The summed E-state index contributed by atoms with van der Waals surface area (Å²) in [4.78, 5) is 12.9. The predicted molar refractivity (Wildman–Crippen MR) is 86.4 cm³/mol. The maximum Gasteiger partial charge on any atom is 0.228 e. The lowest BCUT2D eigenvalue weighted by Gasteiger charge is -2.43. The number of amides is 1. The number of carbonyl (C=O) groups excluding carboxylic acids is 1. The Bertz CT molecular complexity index is 532. The third-order valence-corrected chi connectivity index (χ3v) is 4.66. The SMILES string of the molecule is CC(C)(C)NC(=O)C1c2ccccc2NC2CCCCC21. The van der Waals surface area contributed by atoms with Gasteiger partial charge in [-0.3, -0.25) is 4.79 Å². The Morgan fingerprint density at radius 3 is 2.67 bits per heavy atom. The number of nitrogens with one attached hydrogen (secondary N) is 2. The van der Waals surface area contributed by atoms with Gasteiger partial charge in [-0.2, -0.15) is 0 Å². The maximum atomic E-state index is 12.9. The van der Waals surface area contributed by atoms with E-state index in [-0.39, 0.29) is 17.4 Å². The Labute approximate surface area is 127 Å². The maximum absolute atomic E-state index is 12.9. The molecule has 3 rings (SSSR count). The quantitative estimate of drug-likeness (QED) is 0.827. The lowest BCUT2D eigenvalue weighted by molar-refractivity contribution is -0.125. The van der Waals surface area contributed by atoms with Gasteiger partial charge in [0.1, 0.15) is 0 Å². The zero-order valence-corrected chi connectivity index (χ0v) is 13.3. The van der Waals surface area contributed by atoms with Crippen LogP contribution in [0.3, 0.4) is 0 Å². The molecular weight excluding hydrogens is 260 g/mol. The number of benzene rings is 1. The zero-order chi connectivity index (χ0) is 15.0. The summed E-state index contributed by atoms with van der Waals surface area (Å²) < 4.78 is 0. The van der Waals surface area contributed by atoms with Crippen LogP contribution in [0.2, 0.25) is 0 Å². The molecule has 0 radical (unpaired) electrons. The highest BCUT2D eigenvalue weighted by Gasteiger charge is 2.42. The highest BCUT2D eigenvalue weighted by molar-refractivity contribution is 5.87. The minimum atomic E-state index is -0.179. The van der Waals surface area contributed by atoms with Gasteiger partial charge in [-0.1, -0.05) is 31.0 Å². The van der Waals surface area contributed by atoms with E-state index in [1.165, 1.54) is 24.8 Å². The van der Waals surface area contributed by atoms with E-state index < -0.39 is 0 Å². The summed E-state index contributed by atoms with van der Waals surface area (Å²) in [6.07, 6.45) is 4.83. The second-order valence-corrected chi connectivity index (χ2v) is 7.50. The molecule has 3 nitrogen and oxygen atoms in total. The molecule has 1 amide bonds. The number of hydrogen-bond acceptors (Lipinski definition) is 2. The Balaban J connectivity index is 1.96. The topological polar surface area (TPSA) is 41.1 Å². The van der Waals surface area contributed by atoms with Gasteiger partial charge in [-0.25, -0.2) is 0 Å². The van der Waals surface area contributed by atoms with Crippen molar-refractivity contribution in [3.63, 3.8) is 0 Å². The van der Waals surface area contributed by atoms with Gasteiger partial charge in [0.15, 0.2) is 0 Å². The van der Waals surface area contributed by atoms with Crippen LogP contribution in [0.5, 0.6) is 0 Å². The largest absolute Gasteiger partial charge is 0.382 e. The van der Waals surface area contributed by atoms with E-state index in [9.17, 15) is 4.79 Å². The molecule has 1 aliphatic carbocycles. The first-order valence-corrected chi connectivity index (χ1v) is 8.13. The van der Waals surface area contributed by atoms with Gasteiger partial charge in [0.05, 0.1) is 5.92 Å². The third kappa shape index (κ3) is 2.92. The van der Waals surface area contributed by atoms with Crippen LogP contribution in [0.25, 0.3) is 0 Å². The standard InChI is InChI=1S/C18H26N2O/c1-18(2,3)20-17(21)16-12-8-4-6-10-14(12)19-15-11-7-5-9-13(15)16/h4,6,8,10,13,15-16,19H,5,7,9,11H2,1-3H3,(H,20,21). The summed E-state index contributed by atoms with van der Waals surface area (Å²) in [6.45, 7) is 6.16. The van der Waals surface area contributed by atoms with Gasteiger partial charge >= 0.3 is 0 Å². The predicted octanol–water partition coefficient (Wildman–Crippen LogP) is 3.67. The van der Waals surface area contributed by atoms with Gasteiger partial charge in [-0.05, 0) is 51.2 Å². The molecule has 3 unspecified atom stereocenters. The van der Waals surface area contributed by atoms with Crippen molar-refractivity contribution >= 4 is 11.6 Å². The van der Waals surface area contributed by atoms with Crippen LogP contribution >= 0.6 is 0 Å². The summed E-state index contributed by atoms with van der Waals surface area (Å²) in [7, 11) is 0. The molecule has 1 aliphatic heterocycles. The van der Waals surface area contributed by atoms with Crippen molar-refractivity contribution in [2.45, 2.75) is 64.0 Å². The van der Waals surface area contributed by atoms with Crippen molar-refractivity contribution in [2.75, 3.05) is 5.32 Å². The fourth-order valence-corrected chi connectivity index (χ4v) is 3.85. The van der Waals surface area contributed by atoms with Crippen LogP contribution < -0.4 is 10.6 Å². The van der Waals surface area contributed by atoms with Crippen molar-refractivity contribution in [2.24, 2.45) is 5.92 Å². The Kier molecular flexibility index (Phi) is 3.68. The molecular formula is C18H26N2O. The first-order valence-electron chi connectivity index (χ1n) is 8.13. The van der Waals surface area contributed by atoms with Crippen molar-refractivity contribution in [1.82, 2.24) is 5.32 Å². The summed E-state index contributed by atoms with van der Waals surface area (Å²) in [5.41, 5.74) is 2.14. The number of carbonyl (C=O) groups is 1. The Morgan fingerprint density at radius 1 is 1.19 bits per heavy atom. The van der Waals surface area contributed by atoms with Crippen LogP contribution in [0.15, 0.2) is 24.3 Å². The zero-order valence-electron chi connectivity index (χ0n) is 13.3. The van der Waals surface area contributed by atoms with E-state index in [1.54, 1.807) is 0 Å². The minimum Gasteiger partial charge on any atom is -0.382 e. The number of hydrogen-bond donors (Lipinski definition) is 2. The molecule has 2 N–H and O–H groups in total. The molecule has 1 heterocycles. The van der Waals surface area contributed by atoms with E-state index in [1.807, 2.05) is 12.1 Å². The molecule has 3 heteroatoms. The van der Waals surface area contributed by atoms with Gasteiger partial charge in [-0.15, -0.1) is 0 Å². The monoisotopic (exact) mass is 286 g/mol. The van der Waals surface area contributed by atoms with Crippen LogP contribution in [0.4, 0.5) is 5.69 Å². The van der Waals surface area contributed by atoms with Gasteiger partial charge in [0.25, 0.3) is 0 Å². The second kappa shape index (κ2) is 5.36. The van der Waals surface area contributed by atoms with E-state index in [0.717, 1.165) is 12.1 Å². The highest BCUT2D eigenvalue weighted by atomic mass is 16.2. The lowest BCUT2D eigenvalue weighted by atomic mass is 9.70. The van der Waals surface area contributed by atoms with Gasteiger partial charge < -0.3 is 10.6 Å². The van der Waals surface area contributed by atoms with E-state index in [4.69, 9.17) is 0 Å². The first kappa shape index (κ1) is 14.4. The average molecular weight is 286 g/mol. The molecule has 114 valence electrons. The number of rotatable bonds is 1. The number of anilines is 1. The van der Waals surface area contributed by atoms with Gasteiger partial charge in [0, 0.05) is 17.3 Å². The molecule has 0 spiro atoms. The summed E-state index contributed by atoms with van der Waals surface area (Å²) in [5.74, 6) is 0.608. The number of para-hydroxylation sites is 1. The second-order valence-electron chi connectivity index (χ2n) is 7.50. The number of fused-ring (bicyclic) bond motifs is 2. The van der Waals surface area contributed by atoms with Crippen LogP contribution in [-0.4, -0.2) is 17.5 Å². The smallest absolute Gasteiger partial charge is 0.228 e. The van der Waals surface area contributed by atoms with Crippen molar-refractivity contribution in [3.8, 4) is 0 Å². The van der Waals surface area contributed by atoms with Crippen LogP contribution in [0.1, 0.15) is 57.9 Å². The third-order valence-electron chi connectivity index (χ3n) is 4.66. The molecule has 1 aromatic rings. The average Bonchev–Trinajstić information content (AvgIpc) is 2.42. The molecule has 1 fully saturated rings. The molecule has 1 aromatic carbocycles. The van der Waals surface area contributed by atoms with Crippen molar-refractivity contribution < 1.29 is 4.79 Å². The normalized spacial score (nSPS) is 28.0. The molecule has 2 aliphatic rings. The first-order chi connectivity index (χ1) is 9.96. The molecule has 0 saturated heterocycles. The fourth-order valence-electron chi connectivity index (χ4n) is 3.85. The van der Waals surface area contributed by atoms with Crippen LogP contribution in [0, 0.1) is 5.92 Å². The highest BCUT2D eigenvalue weighted by Crippen LogP contribution is 2.44. The van der Waals surface area contributed by atoms with E-state index in [0.29, 0.717) is 12.0 Å². The summed E-state index contributed by atoms with van der Waals surface area (Å²) in [5, 5.41) is 6.86. The molecule has 1 saturated carbocycles. The van der Waals surface area contributed by atoms with Crippen LogP contribution in [-0.2, 0) is 4.79 Å². The molecule has 21 heavy (non-hydrogen) atoms. The Hall–Kier alpha value is -1.51. The van der Waals surface area contributed by atoms with E-state index >= 15 is 0 Å². The fraction of sp³-hybridized carbons (Fsp3) is 0.611. The van der Waals surface area contributed by atoms with Crippen molar-refractivity contribution in [3.05, 3.63) is 29.8 Å². The summed E-state index contributed by atoms with van der Waals surface area (Å²) in [6, 6.07) is 8.76. The molecule has 3 atom stereocenters.